The molecule has 0 aliphatic carbocycles. The molecule has 0 amide bonds. The van der Waals surface area contributed by atoms with Gasteiger partial charge in [-0.25, -0.2) is 0 Å². The Morgan fingerprint density at radius 2 is 1.81 bits per heavy atom. The van der Waals surface area contributed by atoms with E-state index >= 15 is 0 Å². The van der Waals surface area contributed by atoms with Gasteiger partial charge in [0.05, 0.1) is 6.10 Å². The van der Waals surface area contributed by atoms with Crippen LogP contribution in [0.1, 0.15) is 0 Å². The van der Waals surface area contributed by atoms with E-state index in [2.05, 4.69) is 4.90 Å². The predicted octanol–water partition coefficient (Wildman–Crippen LogP) is 0.462. The maximum absolute atomic E-state index is 5.64. The lowest BCUT2D eigenvalue weighted by molar-refractivity contribution is -0.165. The van der Waals surface area contributed by atoms with Crippen molar-refractivity contribution < 1.29 is 14.2 Å². The van der Waals surface area contributed by atoms with Crippen molar-refractivity contribution in [1.29, 1.82) is 0 Å². The summed E-state index contributed by atoms with van der Waals surface area (Å²) < 4.78 is 16.7. The van der Waals surface area contributed by atoms with E-state index in [0.717, 1.165) is 18.8 Å². The van der Waals surface area contributed by atoms with Gasteiger partial charge < -0.3 is 14.2 Å². The van der Waals surface area contributed by atoms with E-state index in [1.165, 1.54) is 5.75 Å². The molecule has 0 aromatic heterocycles. The molecule has 94 valence electrons. The van der Waals surface area contributed by atoms with E-state index in [0.29, 0.717) is 6.04 Å². The van der Waals surface area contributed by atoms with Crippen molar-refractivity contribution in [3.63, 3.8) is 0 Å². The molecule has 2 aliphatic heterocycles. The summed E-state index contributed by atoms with van der Waals surface area (Å²) in [7, 11) is 5.27. The van der Waals surface area contributed by atoms with Crippen molar-refractivity contribution >= 4 is 11.8 Å². The molecule has 4 atom stereocenters. The number of ether oxygens (including phenoxy) is 3. The smallest absolute Gasteiger partial charge is 0.112 e. The van der Waals surface area contributed by atoms with Gasteiger partial charge in [0.2, 0.25) is 0 Å². The fraction of sp³-hybridized carbons (Fsp3) is 1.00. The molecule has 0 aromatic rings. The molecule has 0 radical (unpaired) electrons. The van der Waals surface area contributed by atoms with Crippen LogP contribution in [0.25, 0.3) is 0 Å². The molecule has 2 saturated heterocycles. The third kappa shape index (κ3) is 2.24. The van der Waals surface area contributed by atoms with E-state index in [1.54, 1.807) is 21.3 Å². The maximum atomic E-state index is 5.64. The van der Waals surface area contributed by atoms with Gasteiger partial charge in [0.15, 0.2) is 0 Å². The van der Waals surface area contributed by atoms with Gasteiger partial charge in [0.25, 0.3) is 0 Å². The highest BCUT2D eigenvalue weighted by Crippen LogP contribution is 2.29. The fourth-order valence-electron chi connectivity index (χ4n) is 2.74. The van der Waals surface area contributed by atoms with Gasteiger partial charge >= 0.3 is 0 Å². The number of nitrogens with zero attached hydrogens (tertiary/aromatic N) is 1. The van der Waals surface area contributed by atoms with Crippen molar-refractivity contribution in [3.05, 3.63) is 0 Å². The monoisotopic (exact) mass is 247 g/mol. The largest absolute Gasteiger partial charge is 0.377 e. The lowest BCUT2D eigenvalue weighted by Crippen LogP contribution is -2.65. The Labute approximate surface area is 102 Å². The van der Waals surface area contributed by atoms with Gasteiger partial charge in [-0.05, 0) is 0 Å². The van der Waals surface area contributed by atoms with Crippen LogP contribution in [0, 0.1) is 0 Å². The molecule has 0 unspecified atom stereocenters. The standard InChI is InChI=1S/C11H21NO3S/c1-13-9-6-12-4-5-16-7-8(12)10(14-2)11(9)15-3/h8-11H,4-7H2,1-3H3/t8-,9-,10-,11+/m0/s1. The molecule has 4 nitrogen and oxygen atoms in total. The second kappa shape index (κ2) is 5.69. The van der Waals surface area contributed by atoms with Gasteiger partial charge in [0.1, 0.15) is 12.2 Å². The van der Waals surface area contributed by atoms with Crippen molar-refractivity contribution in [2.24, 2.45) is 0 Å². The quantitative estimate of drug-likeness (QED) is 0.723. The van der Waals surface area contributed by atoms with Crippen molar-refractivity contribution in [2.45, 2.75) is 24.4 Å². The van der Waals surface area contributed by atoms with Crippen LogP contribution >= 0.6 is 11.8 Å². The van der Waals surface area contributed by atoms with Gasteiger partial charge in [-0.2, -0.15) is 11.8 Å². The number of rotatable bonds is 3. The fourth-order valence-corrected chi connectivity index (χ4v) is 3.91. The lowest BCUT2D eigenvalue weighted by Gasteiger charge is -2.49. The topological polar surface area (TPSA) is 30.9 Å². The minimum atomic E-state index is 0.0509. The number of piperidine rings is 1. The molecule has 0 bridgehead atoms. The van der Waals surface area contributed by atoms with Crippen LogP contribution in [0.5, 0.6) is 0 Å². The van der Waals surface area contributed by atoms with Gasteiger partial charge in [-0.15, -0.1) is 0 Å². The molecular formula is C11H21NO3S. The van der Waals surface area contributed by atoms with Crippen molar-refractivity contribution in [3.8, 4) is 0 Å². The predicted molar refractivity (Wildman–Crippen MR) is 65.1 cm³/mol. The summed E-state index contributed by atoms with van der Waals surface area (Å²) in [5.74, 6) is 2.34. The molecule has 0 N–H and O–H groups in total. The maximum Gasteiger partial charge on any atom is 0.112 e. The first kappa shape index (κ1) is 12.6. The Morgan fingerprint density at radius 3 is 2.44 bits per heavy atom. The molecule has 0 saturated carbocycles. The molecule has 2 rings (SSSR count). The second-order valence-corrected chi connectivity index (χ2v) is 5.46. The van der Waals surface area contributed by atoms with Crippen LogP contribution in [0.15, 0.2) is 0 Å². The number of thioether (sulfide) groups is 1. The van der Waals surface area contributed by atoms with Crippen LogP contribution in [-0.4, -0.2) is 75.2 Å². The zero-order valence-electron chi connectivity index (χ0n) is 10.2. The summed E-state index contributed by atoms with van der Waals surface area (Å²) >= 11 is 2.00. The van der Waals surface area contributed by atoms with E-state index < -0.39 is 0 Å². The van der Waals surface area contributed by atoms with E-state index in [1.807, 2.05) is 11.8 Å². The van der Waals surface area contributed by atoms with Crippen LogP contribution < -0.4 is 0 Å². The highest BCUT2D eigenvalue weighted by atomic mass is 32.2. The Morgan fingerprint density at radius 1 is 1.06 bits per heavy atom. The lowest BCUT2D eigenvalue weighted by atomic mass is 9.94. The van der Waals surface area contributed by atoms with Crippen LogP contribution in [-0.2, 0) is 14.2 Å². The van der Waals surface area contributed by atoms with E-state index in [-0.39, 0.29) is 18.3 Å². The summed E-state index contributed by atoms with van der Waals surface area (Å²) in [5.41, 5.74) is 0. The number of hydrogen-bond acceptors (Lipinski definition) is 5. The van der Waals surface area contributed by atoms with Crippen molar-refractivity contribution in [1.82, 2.24) is 4.90 Å². The first-order valence-corrected chi connectivity index (χ1v) is 6.87. The van der Waals surface area contributed by atoms with Crippen LogP contribution in [0.4, 0.5) is 0 Å². The Balaban J connectivity index is 2.13. The SMILES string of the molecule is CO[C@@H]1[C@H](OC)[C@@H](OC)CN2CCSC[C@@H]12. The minimum Gasteiger partial charge on any atom is -0.377 e. The number of methoxy groups -OCH3 is 3. The summed E-state index contributed by atoms with van der Waals surface area (Å²) in [4.78, 5) is 2.48. The molecular weight excluding hydrogens is 226 g/mol. The molecule has 5 heteroatoms. The summed E-state index contributed by atoms with van der Waals surface area (Å²) in [6, 6.07) is 0.472. The Kier molecular flexibility index (Phi) is 4.49. The summed E-state index contributed by atoms with van der Waals surface area (Å²) in [5, 5.41) is 0. The van der Waals surface area contributed by atoms with E-state index in [9.17, 15) is 0 Å². The highest BCUT2D eigenvalue weighted by molar-refractivity contribution is 7.99. The zero-order chi connectivity index (χ0) is 11.5. The minimum absolute atomic E-state index is 0.0509. The Bertz CT molecular complexity index is 223. The number of fused-ring (bicyclic) bond motifs is 1. The van der Waals surface area contributed by atoms with Gasteiger partial charge in [0, 0.05) is 52.0 Å². The number of hydrogen-bond donors (Lipinski definition) is 0. The zero-order valence-corrected chi connectivity index (χ0v) is 11.0. The molecule has 2 aliphatic rings. The van der Waals surface area contributed by atoms with Gasteiger partial charge in [-0.3, -0.25) is 4.90 Å². The van der Waals surface area contributed by atoms with Crippen LogP contribution in [0.2, 0.25) is 0 Å². The average molecular weight is 247 g/mol. The Hall–Kier alpha value is 0.190. The molecule has 0 aromatic carbocycles. The first-order chi connectivity index (χ1) is 7.81. The second-order valence-electron chi connectivity index (χ2n) is 4.31. The first-order valence-electron chi connectivity index (χ1n) is 5.72. The third-order valence-electron chi connectivity index (χ3n) is 3.61. The van der Waals surface area contributed by atoms with E-state index in [4.69, 9.17) is 14.2 Å². The molecule has 2 heterocycles. The molecule has 16 heavy (non-hydrogen) atoms. The summed E-state index contributed by atoms with van der Waals surface area (Å²) in [6.45, 7) is 2.09. The third-order valence-corrected chi connectivity index (χ3v) is 4.66. The molecule has 0 spiro atoms. The highest BCUT2D eigenvalue weighted by Gasteiger charge is 2.45. The van der Waals surface area contributed by atoms with Crippen LogP contribution in [0.3, 0.4) is 0 Å². The van der Waals surface area contributed by atoms with Crippen molar-refractivity contribution in [2.75, 3.05) is 45.9 Å². The molecule has 2 fully saturated rings. The normalized spacial score (nSPS) is 40.7. The average Bonchev–Trinajstić information content (AvgIpc) is 2.36. The van der Waals surface area contributed by atoms with Gasteiger partial charge in [-0.1, -0.05) is 0 Å². The summed E-state index contributed by atoms with van der Waals surface area (Å²) in [6.07, 6.45) is 0.292.